The lowest BCUT2D eigenvalue weighted by molar-refractivity contribution is -0.0358. The molecule has 1 aliphatic heterocycles. The van der Waals surface area contributed by atoms with E-state index in [0.29, 0.717) is 5.69 Å². The van der Waals surface area contributed by atoms with E-state index in [9.17, 15) is 4.79 Å². The lowest BCUT2D eigenvalue weighted by Gasteiger charge is -2.51. The number of anilines is 1. The van der Waals surface area contributed by atoms with Gasteiger partial charge in [0.25, 0.3) is 0 Å². The van der Waals surface area contributed by atoms with E-state index in [-0.39, 0.29) is 11.6 Å². The highest BCUT2D eigenvalue weighted by atomic mass is 16.6. The van der Waals surface area contributed by atoms with Crippen molar-refractivity contribution in [3.05, 3.63) is 96.1 Å². The molecule has 172 valence electrons. The molecule has 0 aliphatic carbocycles. The molecule has 0 bridgehead atoms. The van der Waals surface area contributed by atoms with Gasteiger partial charge in [0.15, 0.2) is 0 Å². The van der Waals surface area contributed by atoms with Gasteiger partial charge in [-0.1, -0.05) is 60.7 Å². The molecule has 0 radical (unpaired) electrons. The van der Waals surface area contributed by atoms with Crippen LogP contribution in [0.15, 0.2) is 84.9 Å². The van der Waals surface area contributed by atoms with E-state index in [2.05, 4.69) is 77.8 Å². The molecule has 0 atom stereocenters. The van der Waals surface area contributed by atoms with Gasteiger partial charge in [-0.3, -0.25) is 10.2 Å². The second-order valence-corrected chi connectivity index (χ2v) is 9.60. The van der Waals surface area contributed by atoms with Crippen LogP contribution >= 0.6 is 0 Å². The Morgan fingerprint density at radius 2 is 1.33 bits per heavy atom. The van der Waals surface area contributed by atoms with Gasteiger partial charge in [-0.25, -0.2) is 4.79 Å². The highest BCUT2D eigenvalue weighted by Gasteiger charge is 2.43. The number of nitrogens with one attached hydrogen (secondary N) is 1. The van der Waals surface area contributed by atoms with Crippen LogP contribution in [0, 0.1) is 0 Å². The van der Waals surface area contributed by atoms with Crippen LogP contribution < -0.4 is 10.1 Å². The molecule has 1 amide bonds. The summed E-state index contributed by atoms with van der Waals surface area (Å²) in [6, 6.07) is 28.7. The van der Waals surface area contributed by atoms with E-state index in [1.54, 1.807) is 0 Å². The van der Waals surface area contributed by atoms with Crippen molar-refractivity contribution in [2.24, 2.45) is 0 Å². The number of hydrogen-bond acceptors (Lipinski definition) is 4. The van der Waals surface area contributed by atoms with Crippen molar-refractivity contribution >= 4 is 11.8 Å². The third-order valence-corrected chi connectivity index (χ3v) is 5.95. The van der Waals surface area contributed by atoms with Crippen molar-refractivity contribution in [3.63, 3.8) is 0 Å². The molecular formula is C28H32N2O3. The minimum Gasteiger partial charge on any atom is -0.488 e. The molecule has 33 heavy (non-hydrogen) atoms. The van der Waals surface area contributed by atoms with Crippen LogP contribution in [0.4, 0.5) is 10.5 Å². The van der Waals surface area contributed by atoms with Crippen LogP contribution in [0.5, 0.6) is 5.75 Å². The summed E-state index contributed by atoms with van der Waals surface area (Å²) in [5.41, 5.74) is 2.47. The zero-order valence-electron chi connectivity index (χ0n) is 19.7. The number of carbonyl (C=O) groups excluding carboxylic acids is 1. The maximum atomic E-state index is 11.9. The van der Waals surface area contributed by atoms with Gasteiger partial charge < -0.3 is 9.47 Å². The number of rotatable bonds is 6. The van der Waals surface area contributed by atoms with Gasteiger partial charge in [0, 0.05) is 18.8 Å². The van der Waals surface area contributed by atoms with Crippen molar-refractivity contribution < 1.29 is 14.3 Å². The first-order chi connectivity index (χ1) is 15.7. The Morgan fingerprint density at radius 3 is 1.82 bits per heavy atom. The molecule has 0 saturated carbocycles. The van der Waals surface area contributed by atoms with Crippen LogP contribution in [0.3, 0.4) is 0 Å². The molecule has 0 unspecified atom stereocenters. The largest absolute Gasteiger partial charge is 0.488 e. The van der Waals surface area contributed by atoms with E-state index in [0.717, 1.165) is 18.8 Å². The Kier molecular flexibility index (Phi) is 6.43. The van der Waals surface area contributed by atoms with Gasteiger partial charge in [0.2, 0.25) is 0 Å². The maximum Gasteiger partial charge on any atom is 0.412 e. The summed E-state index contributed by atoms with van der Waals surface area (Å²) in [7, 11) is 0. The fourth-order valence-electron chi connectivity index (χ4n) is 4.17. The van der Waals surface area contributed by atoms with E-state index < -0.39 is 11.7 Å². The molecule has 3 aromatic rings. The minimum atomic E-state index is -0.531. The molecule has 1 saturated heterocycles. The van der Waals surface area contributed by atoms with E-state index >= 15 is 0 Å². The number of amides is 1. The smallest absolute Gasteiger partial charge is 0.412 e. The molecule has 5 heteroatoms. The van der Waals surface area contributed by atoms with Gasteiger partial charge in [-0.05, 0) is 63.1 Å². The van der Waals surface area contributed by atoms with Gasteiger partial charge in [-0.2, -0.15) is 0 Å². The molecular weight excluding hydrogens is 412 g/mol. The van der Waals surface area contributed by atoms with E-state index in [4.69, 9.17) is 9.47 Å². The van der Waals surface area contributed by atoms with Crippen LogP contribution in [-0.4, -0.2) is 35.8 Å². The highest BCUT2D eigenvalue weighted by Crippen LogP contribution is 2.39. The summed E-state index contributed by atoms with van der Waals surface area (Å²) in [5.74, 6) is 0.788. The Morgan fingerprint density at radius 1 is 0.818 bits per heavy atom. The topological polar surface area (TPSA) is 50.8 Å². The summed E-state index contributed by atoms with van der Waals surface area (Å²) >= 11 is 0. The maximum absolute atomic E-state index is 11.9. The normalized spacial score (nSPS) is 14.9. The lowest BCUT2D eigenvalue weighted by Crippen LogP contribution is -2.61. The highest BCUT2D eigenvalue weighted by molar-refractivity contribution is 5.84. The van der Waals surface area contributed by atoms with Crippen LogP contribution in [0.1, 0.15) is 38.8 Å². The van der Waals surface area contributed by atoms with Crippen LogP contribution in [0.2, 0.25) is 0 Å². The second-order valence-electron chi connectivity index (χ2n) is 9.60. The standard InChI is InChI=1S/C28H32N2O3/c1-27(2,3)33-26(31)29-23-15-17-24(18-16-23)32-25-19-30(20-25)28(4,21-11-7-5-8-12-21)22-13-9-6-10-14-22/h5-18,25H,19-20H2,1-4H3,(H,29,31). The predicted molar refractivity (Wildman–Crippen MR) is 132 cm³/mol. The second kappa shape index (κ2) is 9.28. The molecule has 4 rings (SSSR count). The number of ether oxygens (including phenoxy) is 2. The minimum absolute atomic E-state index is 0.112. The molecule has 1 N–H and O–H groups in total. The van der Waals surface area contributed by atoms with Crippen molar-refractivity contribution in [3.8, 4) is 5.75 Å². The first-order valence-electron chi connectivity index (χ1n) is 11.4. The first kappa shape index (κ1) is 22.9. The van der Waals surface area contributed by atoms with Gasteiger partial charge >= 0.3 is 6.09 Å². The third kappa shape index (κ3) is 5.37. The Bertz CT molecular complexity index is 1010. The number of nitrogens with zero attached hydrogens (tertiary/aromatic N) is 1. The molecule has 1 aliphatic rings. The molecule has 0 spiro atoms. The first-order valence-corrected chi connectivity index (χ1v) is 11.4. The average Bonchev–Trinajstić information content (AvgIpc) is 2.76. The predicted octanol–water partition coefficient (Wildman–Crippen LogP) is 6.06. The van der Waals surface area contributed by atoms with Crippen molar-refractivity contribution in [2.45, 2.75) is 44.9 Å². The average molecular weight is 445 g/mol. The Labute approximate surface area is 196 Å². The lowest BCUT2D eigenvalue weighted by atomic mass is 9.80. The number of benzene rings is 3. The van der Waals surface area contributed by atoms with Gasteiger partial charge in [0.1, 0.15) is 17.5 Å². The summed E-state index contributed by atoms with van der Waals surface area (Å²) in [6.45, 7) is 9.46. The molecule has 5 nitrogen and oxygen atoms in total. The number of carbonyl (C=O) groups is 1. The SMILES string of the molecule is CC(C)(C)OC(=O)Nc1ccc(OC2CN(C(C)(c3ccccc3)c3ccccc3)C2)cc1. The molecule has 1 heterocycles. The summed E-state index contributed by atoms with van der Waals surface area (Å²) < 4.78 is 11.5. The van der Waals surface area contributed by atoms with Crippen LogP contribution in [0.25, 0.3) is 0 Å². The zero-order valence-corrected chi connectivity index (χ0v) is 19.7. The van der Waals surface area contributed by atoms with Crippen molar-refractivity contribution in [2.75, 3.05) is 18.4 Å². The fourth-order valence-corrected chi connectivity index (χ4v) is 4.17. The van der Waals surface area contributed by atoms with Crippen molar-refractivity contribution in [1.82, 2.24) is 4.90 Å². The summed E-state index contributed by atoms with van der Waals surface area (Å²) in [6.07, 6.45) is -0.353. The van der Waals surface area contributed by atoms with Crippen molar-refractivity contribution in [1.29, 1.82) is 0 Å². The monoisotopic (exact) mass is 444 g/mol. The molecule has 1 fully saturated rings. The quantitative estimate of drug-likeness (QED) is 0.502. The molecule has 0 aromatic heterocycles. The number of hydrogen-bond donors (Lipinski definition) is 1. The zero-order chi connectivity index (χ0) is 23.5. The fraction of sp³-hybridized carbons (Fsp3) is 0.321. The van der Waals surface area contributed by atoms with E-state index in [1.807, 2.05) is 45.0 Å². The summed E-state index contributed by atoms with van der Waals surface area (Å²) in [5, 5.41) is 2.75. The Balaban J connectivity index is 1.39. The van der Waals surface area contributed by atoms with Crippen LogP contribution in [-0.2, 0) is 10.3 Å². The van der Waals surface area contributed by atoms with E-state index in [1.165, 1.54) is 11.1 Å². The molecule has 3 aromatic carbocycles. The third-order valence-electron chi connectivity index (χ3n) is 5.95. The summed E-state index contributed by atoms with van der Waals surface area (Å²) in [4.78, 5) is 14.4. The van der Waals surface area contributed by atoms with Gasteiger partial charge in [0.05, 0.1) is 5.54 Å². The van der Waals surface area contributed by atoms with Gasteiger partial charge in [-0.15, -0.1) is 0 Å². The Hall–Kier alpha value is -3.31. The number of likely N-dealkylation sites (tertiary alicyclic amines) is 1.